The van der Waals surface area contributed by atoms with Gasteiger partial charge in [0, 0.05) is 21.2 Å². The Morgan fingerprint density at radius 2 is 2.32 bits per heavy atom. The van der Waals surface area contributed by atoms with Gasteiger partial charge in [0.1, 0.15) is 18.3 Å². The first kappa shape index (κ1) is 17.5. The summed E-state index contributed by atoms with van der Waals surface area (Å²) in [4.78, 5) is 28.9. The summed E-state index contributed by atoms with van der Waals surface area (Å²) in [5, 5.41) is 19.5. The van der Waals surface area contributed by atoms with Crippen LogP contribution in [0.25, 0.3) is 11.2 Å². The van der Waals surface area contributed by atoms with Crippen molar-refractivity contribution >= 4 is 23.5 Å². The van der Waals surface area contributed by atoms with E-state index in [0.717, 1.165) is 0 Å². The Hall–Kier alpha value is -2.34. The van der Waals surface area contributed by atoms with Crippen LogP contribution in [0.1, 0.15) is 6.23 Å². The van der Waals surface area contributed by atoms with Gasteiger partial charge in [-0.3, -0.25) is 14.3 Å². The lowest BCUT2D eigenvalue weighted by Crippen LogP contribution is -2.34. The normalized spacial score (nSPS) is 26.8. The van der Waals surface area contributed by atoms with E-state index >= 15 is 0 Å². The predicted octanol–water partition coefficient (Wildman–Crippen LogP) is -1.39. The number of aliphatic hydroxyl groups is 2. The largest absolute Gasteiger partial charge is 0.394 e. The van der Waals surface area contributed by atoms with Crippen molar-refractivity contribution in [1.82, 2.24) is 24.4 Å². The monoisotopic (exact) mass is 352 g/mol. The molecule has 1 aliphatic heterocycles. The van der Waals surface area contributed by atoms with E-state index < -0.39 is 30.1 Å². The third-order valence-electron chi connectivity index (χ3n) is 3.87. The standard InChI is InChI=1S/C14H20N6O5/c1-19(2)5-16-14-17-11-8(12(23)18-14)15-6-20(11)13-10(24-3)9(22)7(4-21)25-13/h5-7,9-10,13,21-22H,4H2,1-3H3,(H,17,18,23). The maximum absolute atomic E-state index is 12.2. The average molecular weight is 352 g/mol. The van der Waals surface area contributed by atoms with E-state index in [0.29, 0.717) is 0 Å². The molecule has 11 nitrogen and oxygen atoms in total. The van der Waals surface area contributed by atoms with Crippen molar-refractivity contribution in [1.29, 1.82) is 0 Å². The molecule has 0 aromatic carbocycles. The minimum absolute atomic E-state index is 0.110. The van der Waals surface area contributed by atoms with Crippen molar-refractivity contribution in [3.63, 3.8) is 0 Å². The number of hydrogen-bond acceptors (Lipinski definition) is 8. The van der Waals surface area contributed by atoms with Crippen LogP contribution in [0.5, 0.6) is 0 Å². The van der Waals surface area contributed by atoms with Crippen molar-refractivity contribution in [3.8, 4) is 0 Å². The van der Waals surface area contributed by atoms with Crippen LogP contribution in [0.3, 0.4) is 0 Å². The molecule has 25 heavy (non-hydrogen) atoms. The molecular formula is C14H20N6O5. The minimum Gasteiger partial charge on any atom is -0.394 e. The lowest BCUT2D eigenvalue weighted by Gasteiger charge is -2.19. The Morgan fingerprint density at radius 1 is 1.56 bits per heavy atom. The molecule has 11 heteroatoms. The van der Waals surface area contributed by atoms with Gasteiger partial charge in [-0.05, 0) is 0 Å². The van der Waals surface area contributed by atoms with Gasteiger partial charge < -0.3 is 24.6 Å². The lowest BCUT2D eigenvalue weighted by molar-refractivity contribution is -0.0583. The van der Waals surface area contributed by atoms with Crippen LogP contribution >= 0.6 is 0 Å². The molecule has 3 rings (SSSR count). The highest BCUT2D eigenvalue weighted by Crippen LogP contribution is 2.32. The van der Waals surface area contributed by atoms with E-state index in [1.54, 1.807) is 19.0 Å². The Bertz CT molecular complexity index is 831. The second-order valence-corrected chi connectivity index (χ2v) is 5.86. The van der Waals surface area contributed by atoms with Gasteiger partial charge in [0.25, 0.3) is 5.56 Å². The summed E-state index contributed by atoms with van der Waals surface area (Å²) in [6.45, 7) is -0.365. The fourth-order valence-electron chi connectivity index (χ4n) is 2.68. The number of H-pyrrole nitrogens is 1. The summed E-state index contributed by atoms with van der Waals surface area (Å²) in [6, 6.07) is 0. The molecule has 3 heterocycles. The molecule has 1 fully saturated rings. The first-order valence-electron chi connectivity index (χ1n) is 7.61. The number of aliphatic imine (C=N–C) groups is 1. The van der Waals surface area contributed by atoms with Crippen molar-refractivity contribution in [2.24, 2.45) is 4.99 Å². The van der Waals surface area contributed by atoms with E-state index in [1.165, 1.54) is 24.3 Å². The molecule has 4 atom stereocenters. The molecule has 0 aliphatic carbocycles. The molecule has 0 spiro atoms. The van der Waals surface area contributed by atoms with E-state index in [-0.39, 0.29) is 23.7 Å². The van der Waals surface area contributed by atoms with Crippen LogP contribution in [0, 0.1) is 0 Å². The fraction of sp³-hybridized carbons (Fsp3) is 0.571. The maximum Gasteiger partial charge on any atom is 0.280 e. The number of aliphatic hydroxyl groups excluding tert-OH is 2. The number of nitrogens with one attached hydrogen (secondary N) is 1. The number of imidazole rings is 1. The van der Waals surface area contributed by atoms with Crippen LogP contribution in [-0.2, 0) is 9.47 Å². The van der Waals surface area contributed by atoms with Gasteiger partial charge in [-0.25, -0.2) is 9.98 Å². The Morgan fingerprint density at radius 3 is 2.96 bits per heavy atom. The quantitative estimate of drug-likeness (QED) is 0.441. The number of hydrogen-bond donors (Lipinski definition) is 3. The number of rotatable bonds is 5. The topological polar surface area (TPSA) is 138 Å². The highest BCUT2D eigenvalue weighted by Gasteiger charge is 2.45. The van der Waals surface area contributed by atoms with Crippen LogP contribution in [0.4, 0.5) is 5.95 Å². The summed E-state index contributed by atoms with van der Waals surface area (Å²) in [5.74, 6) is 0.110. The van der Waals surface area contributed by atoms with Gasteiger partial charge >= 0.3 is 0 Å². The number of aromatic nitrogens is 4. The van der Waals surface area contributed by atoms with Crippen LogP contribution in [0.2, 0.25) is 0 Å². The van der Waals surface area contributed by atoms with Crippen molar-refractivity contribution in [3.05, 3.63) is 16.7 Å². The van der Waals surface area contributed by atoms with Crippen LogP contribution in [-0.4, -0.2) is 87.1 Å². The third-order valence-corrected chi connectivity index (χ3v) is 3.87. The fourth-order valence-corrected chi connectivity index (χ4v) is 2.68. The average Bonchev–Trinajstić information content (AvgIpc) is 3.13. The smallest absolute Gasteiger partial charge is 0.280 e. The predicted molar refractivity (Wildman–Crippen MR) is 87.8 cm³/mol. The molecule has 2 aromatic heterocycles. The molecule has 2 aromatic rings. The first-order chi connectivity index (χ1) is 12.0. The summed E-state index contributed by atoms with van der Waals surface area (Å²) in [5.41, 5.74) is -0.0856. The zero-order valence-electron chi connectivity index (χ0n) is 14.0. The Kier molecular flexibility index (Phi) is 4.81. The number of ether oxygens (including phenoxy) is 2. The molecule has 0 radical (unpaired) electrons. The highest BCUT2D eigenvalue weighted by atomic mass is 16.6. The summed E-state index contributed by atoms with van der Waals surface area (Å²) in [7, 11) is 5.00. The molecule has 0 bridgehead atoms. The summed E-state index contributed by atoms with van der Waals surface area (Å²) in [6.07, 6.45) is -0.478. The second kappa shape index (κ2) is 6.88. The molecule has 4 unspecified atom stereocenters. The van der Waals surface area contributed by atoms with Crippen molar-refractivity contribution in [2.45, 2.75) is 24.5 Å². The van der Waals surface area contributed by atoms with Gasteiger partial charge in [-0.1, -0.05) is 0 Å². The zero-order chi connectivity index (χ0) is 18.1. The minimum atomic E-state index is -1.02. The van der Waals surface area contributed by atoms with Crippen molar-refractivity contribution < 1.29 is 19.7 Å². The molecule has 3 N–H and O–H groups in total. The van der Waals surface area contributed by atoms with Gasteiger partial charge in [-0.2, -0.15) is 4.98 Å². The van der Waals surface area contributed by atoms with Crippen molar-refractivity contribution in [2.75, 3.05) is 27.8 Å². The zero-order valence-corrected chi connectivity index (χ0v) is 14.0. The van der Waals surface area contributed by atoms with Crippen LogP contribution in [0.15, 0.2) is 16.1 Å². The van der Waals surface area contributed by atoms with E-state index in [9.17, 15) is 15.0 Å². The first-order valence-corrected chi connectivity index (χ1v) is 7.61. The number of nitrogens with zero attached hydrogens (tertiary/aromatic N) is 5. The van der Waals surface area contributed by atoms with Gasteiger partial charge in [-0.15, -0.1) is 0 Å². The molecule has 0 saturated carbocycles. The van der Waals surface area contributed by atoms with E-state index in [2.05, 4.69) is 19.9 Å². The number of aromatic amines is 1. The summed E-state index contributed by atoms with van der Waals surface area (Å²) >= 11 is 0. The van der Waals surface area contributed by atoms with E-state index in [4.69, 9.17) is 9.47 Å². The molecular weight excluding hydrogens is 332 g/mol. The molecule has 0 amide bonds. The van der Waals surface area contributed by atoms with Gasteiger partial charge in [0.05, 0.1) is 19.3 Å². The second-order valence-electron chi connectivity index (χ2n) is 5.86. The number of fused-ring (bicyclic) bond motifs is 1. The van der Waals surface area contributed by atoms with Crippen LogP contribution < -0.4 is 5.56 Å². The lowest BCUT2D eigenvalue weighted by atomic mass is 10.1. The molecule has 1 aliphatic rings. The van der Waals surface area contributed by atoms with Gasteiger partial charge in [0.2, 0.25) is 5.95 Å². The maximum atomic E-state index is 12.2. The Balaban J connectivity index is 2.06. The highest BCUT2D eigenvalue weighted by molar-refractivity contribution is 5.71. The summed E-state index contributed by atoms with van der Waals surface area (Å²) < 4.78 is 12.4. The van der Waals surface area contributed by atoms with Gasteiger partial charge in [0.15, 0.2) is 17.4 Å². The molecule has 136 valence electrons. The van der Waals surface area contributed by atoms with E-state index in [1.807, 2.05) is 0 Å². The Labute approximate surface area is 142 Å². The SMILES string of the molecule is COC1C(O)C(CO)OC1n1cnc2c(=O)[nH]c(N=CN(C)C)nc21. The third kappa shape index (κ3) is 3.14. The number of methoxy groups -OCH3 is 1. The molecule has 1 saturated heterocycles.